The Morgan fingerprint density at radius 3 is 1.27 bits per heavy atom. The highest BCUT2D eigenvalue weighted by molar-refractivity contribution is 6.43. The zero-order chi connectivity index (χ0) is 38.1. The Hall–Kier alpha value is -3.26. The molecule has 0 unspecified atom stereocenters. The minimum absolute atomic E-state index is 0.0110. The summed E-state index contributed by atoms with van der Waals surface area (Å²) < 4.78 is 30.9. The molecule has 2 aliphatic heterocycles. The first-order valence-corrected chi connectivity index (χ1v) is 18.4. The van der Waals surface area contributed by atoms with Gasteiger partial charge in [0, 0.05) is 38.3 Å². The van der Waals surface area contributed by atoms with Crippen LogP contribution in [0.15, 0.2) is 46.0 Å². The third-order valence-electron chi connectivity index (χ3n) is 10.2. The van der Waals surface area contributed by atoms with Gasteiger partial charge in [0.2, 0.25) is 0 Å². The standard InChI is InChI=1S/2C18H21Cl2FN4O/c2*1-11-23-14(24-7-5-18(2,10-22)6-8-24)9-15(26)25(11)17-13(21)4-3-12(19)16(17)20/h2*3-4,9H,5-8,10,22H2,1-2H3. The van der Waals surface area contributed by atoms with Gasteiger partial charge in [0.1, 0.15) is 46.3 Å². The van der Waals surface area contributed by atoms with Gasteiger partial charge in [0.25, 0.3) is 11.1 Å². The number of anilines is 2. The van der Waals surface area contributed by atoms with Gasteiger partial charge < -0.3 is 21.3 Å². The van der Waals surface area contributed by atoms with Crippen LogP contribution in [-0.4, -0.2) is 58.4 Å². The van der Waals surface area contributed by atoms with E-state index in [1.54, 1.807) is 13.8 Å². The second kappa shape index (κ2) is 16.0. The average Bonchev–Trinajstić information content (AvgIpc) is 3.11. The molecule has 2 aliphatic rings. The lowest BCUT2D eigenvalue weighted by molar-refractivity contribution is 0.257. The van der Waals surface area contributed by atoms with Crippen molar-refractivity contribution in [2.75, 3.05) is 49.1 Å². The fourth-order valence-corrected chi connectivity index (χ4v) is 7.22. The van der Waals surface area contributed by atoms with Gasteiger partial charge >= 0.3 is 0 Å². The molecule has 0 saturated carbocycles. The maximum absolute atomic E-state index is 14.3. The predicted octanol–water partition coefficient (Wildman–Crippen LogP) is 7.10. The summed E-state index contributed by atoms with van der Waals surface area (Å²) in [6, 6.07) is 7.90. The molecule has 0 atom stereocenters. The Morgan fingerprint density at radius 2 is 0.981 bits per heavy atom. The van der Waals surface area contributed by atoms with Crippen LogP contribution in [0.3, 0.4) is 0 Å². The first kappa shape index (κ1) is 39.9. The lowest BCUT2D eigenvalue weighted by Crippen LogP contribution is -2.43. The summed E-state index contributed by atoms with van der Waals surface area (Å²) in [7, 11) is 0. The average molecular weight is 799 g/mol. The normalized spacial score (nSPS) is 16.8. The second-order valence-corrected chi connectivity index (χ2v) is 15.6. The Labute approximate surface area is 321 Å². The van der Waals surface area contributed by atoms with Crippen LogP contribution in [0.2, 0.25) is 20.1 Å². The topological polar surface area (TPSA) is 128 Å². The van der Waals surface area contributed by atoms with Crippen LogP contribution in [-0.2, 0) is 0 Å². The van der Waals surface area contributed by atoms with Gasteiger partial charge in [-0.25, -0.2) is 18.7 Å². The van der Waals surface area contributed by atoms with Crippen LogP contribution in [0.25, 0.3) is 11.4 Å². The Kier molecular flexibility index (Phi) is 12.3. The summed E-state index contributed by atoms with van der Waals surface area (Å²) in [5, 5.41) is 0.331. The van der Waals surface area contributed by atoms with E-state index in [0.29, 0.717) is 36.4 Å². The quantitative estimate of drug-likeness (QED) is 0.198. The van der Waals surface area contributed by atoms with E-state index >= 15 is 0 Å². The number of nitrogens with two attached hydrogens (primary N) is 2. The third kappa shape index (κ3) is 8.27. The fourth-order valence-electron chi connectivity index (χ4n) is 6.44. The van der Waals surface area contributed by atoms with Crippen molar-refractivity contribution in [2.24, 2.45) is 22.3 Å². The van der Waals surface area contributed by atoms with E-state index in [-0.39, 0.29) is 42.3 Å². The molecule has 2 aromatic heterocycles. The molecule has 2 aromatic carbocycles. The predicted molar refractivity (Wildman–Crippen MR) is 206 cm³/mol. The number of hydrogen-bond donors (Lipinski definition) is 2. The summed E-state index contributed by atoms with van der Waals surface area (Å²) in [5.74, 6) is 0.611. The second-order valence-electron chi connectivity index (χ2n) is 14.1. The lowest BCUT2D eigenvalue weighted by atomic mass is 9.80. The molecule has 10 nitrogen and oxygen atoms in total. The fraction of sp³-hybridized carbons (Fsp3) is 0.444. The van der Waals surface area contributed by atoms with Crippen molar-refractivity contribution in [1.29, 1.82) is 0 Å². The van der Waals surface area contributed by atoms with Crippen LogP contribution in [0.4, 0.5) is 20.4 Å². The first-order valence-electron chi connectivity index (χ1n) is 16.9. The number of benzene rings is 2. The summed E-state index contributed by atoms with van der Waals surface area (Å²) in [6.07, 6.45) is 3.73. The van der Waals surface area contributed by atoms with E-state index in [4.69, 9.17) is 57.9 Å². The number of nitrogens with zero attached hydrogens (tertiary/aromatic N) is 6. The number of aryl methyl sites for hydroxylation is 2. The van der Waals surface area contributed by atoms with Crippen molar-refractivity contribution in [1.82, 2.24) is 19.1 Å². The highest BCUT2D eigenvalue weighted by Gasteiger charge is 2.31. The van der Waals surface area contributed by atoms with E-state index in [1.165, 1.54) is 36.4 Å². The zero-order valence-corrected chi connectivity index (χ0v) is 32.5. The number of rotatable bonds is 6. The van der Waals surface area contributed by atoms with Crippen molar-refractivity contribution in [3.05, 3.63) is 100 Å². The minimum atomic E-state index is -0.629. The Balaban J connectivity index is 0.000000201. The van der Waals surface area contributed by atoms with Gasteiger partial charge in [-0.1, -0.05) is 60.3 Å². The van der Waals surface area contributed by atoms with Crippen molar-refractivity contribution < 1.29 is 8.78 Å². The molecule has 280 valence electrons. The molecular weight excluding hydrogens is 756 g/mol. The van der Waals surface area contributed by atoms with E-state index in [2.05, 4.69) is 33.6 Å². The summed E-state index contributed by atoms with van der Waals surface area (Å²) in [5.41, 5.74) is 11.0. The van der Waals surface area contributed by atoms with Crippen LogP contribution < -0.4 is 32.4 Å². The summed E-state index contributed by atoms with van der Waals surface area (Å²) in [6.45, 7) is 12.0. The van der Waals surface area contributed by atoms with Crippen LogP contribution in [0.5, 0.6) is 0 Å². The van der Waals surface area contributed by atoms with Gasteiger partial charge in [0.05, 0.1) is 20.1 Å². The molecule has 4 aromatic rings. The van der Waals surface area contributed by atoms with E-state index in [9.17, 15) is 18.4 Å². The molecule has 0 radical (unpaired) electrons. The molecule has 2 fully saturated rings. The maximum atomic E-state index is 14.3. The molecule has 16 heteroatoms. The largest absolute Gasteiger partial charge is 0.356 e. The number of halogens is 6. The third-order valence-corrected chi connectivity index (χ3v) is 11.8. The van der Waals surface area contributed by atoms with Gasteiger partial charge in [-0.3, -0.25) is 18.7 Å². The minimum Gasteiger partial charge on any atom is -0.356 e. The first-order chi connectivity index (χ1) is 24.5. The van der Waals surface area contributed by atoms with Gasteiger partial charge in [0.15, 0.2) is 0 Å². The molecule has 2 saturated heterocycles. The highest BCUT2D eigenvalue weighted by Crippen LogP contribution is 2.35. The number of hydrogen-bond acceptors (Lipinski definition) is 8. The molecule has 0 bridgehead atoms. The maximum Gasteiger partial charge on any atom is 0.260 e. The van der Waals surface area contributed by atoms with Crippen LogP contribution in [0, 0.1) is 36.3 Å². The molecule has 4 heterocycles. The van der Waals surface area contributed by atoms with Crippen molar-refractivity contribution >= 4 is 58.0 Å². The van der Waals surface area contributed by atoms with Gasteiger partial charge in [-0.15, -0.1) is 0 Å². The number of piperidine rings is 2. The molecule has 52 heavy (non-hydrogen) atoms. The van der Waals surface area contributed by atoms with Gasteiger partial charge in [-0.2, -0.15) is 0 Å². The van der Waals surface area contributed by atoms with Crippen molar-refractivity contribution in [3.8, 4) is 11.4 Å². The SMILES string of the molecule is Cc1nc(N2CCC(C)(CN)CC2)cc(=O)n1-c1c(F)ccc(Cl)c1Cl.Cc1nc(N2CCC(C)(CN)CC2)cc(=O)n1-c1c(F)ccc(Cl)c1Cl. The molecule has 0 amide bonds. The van der Waals surface area contributed by atoms with Crippen molar-refractivity contribution in [2.45, 2.75) is 53.4 Å². The van der Waals surface area contributed by atoms with Gasteiger partial charge in [-0.05, 0) is 87.7 Å². The van der Waals surface area contributed by atoms with Crippen LogP contribution in [0.1, 0.15) is 51.2 Å². The zero-order valence-electron chi connectivity index (χ0n) is 29.5. The van der Waals surface area contributed by atoms with E-state index in [1.807, 2.05) is 0 Å². The Morgan fingerprint density at radius 1 is 0.654 bits per heavy atom. The lowest BCUT2D eigenvalue weighted by Gasteiger charge is -2.39. The number of aromatic nitrogens is 4. The Bertz CT molecular complexity index is 1930. The molecule has 6 rings (SSSR count). The van der Waals surface area contributed by atoms with Crippen LogP contribution >= 0.6 is 46.4 Å². The molecular formula is C36H42Cl4F2N8O2. The highest BCUT2D eigenvalue weighted by atomic mass is 35.5. The molecule has 4 N–H and O–H groups in total. The summed E-state index contributed by atoms with van der Waals surface area (Å²) in [4.78, 5) is 38.6. The molecule has 0 aliphatic carbocycles. The monoisotopic (exact) mass is 796 g/mol. The smallest absolute Gasteiger partial charge is 0.260 e. The van der Waals surface area contributed by atoms with E-state index < -0.39 is 22.8 Å². The van der Waals surface area contributed by atoms with E-state index in [0.717, 1.165) is 61.0 Å². The van der Waals surface area contributed by atoms with Crippen molar-refractivity contribution in [3.63, 3.8) is 0 Å². The summed E-state index contributed by atoms with van der Waals surface area (Å²) >= 11 is 24.2. The molecule has 0 spiro atoms.